The maximum absolute atomic E-state index is 17.5. The third-order valence-corrected chi connectivity index (χ3v) is 14.4. The summed E-state index contributed by atoms with van der Waals surface area (Å²) in [4.78, 5) is 64.7. The van der Waals surface area contributed by atoms with Gasteiger partial charge in [-0.3, -0.25) is 24.0 Å². The van der Waals surface area contributed by atoms with Crippen molar-refractivity contribution in [3.05, 3.63) is 107 Å². The fourth-order valence-corrected chi connectivity index (χ4v) is 11.1. The van der Waals surface area contributed by atoms with E-state index in [0.29, 0.717) is 43.4 Å². The monoisotopic (exact) mass is 807 g/mol. The number of nitrogens with two attached hydrogens (primary N) is 1. The van der Waals surface area contributed by atoms with E-state index in [2.05, 4.69) is 0 Å². The zero-order chi connectivity index (χ0) is 42.3. The lowest BCUT2D eigenvalue weighted by Gasteiger charge is -2.62. The smallest absolute Gasteiger partial charge is 0.306 e. The largest absolute Gasteiger partial charge is 0.461 e. The molecule has 0 spiro atoms. The Morgan fingerprint density at radius 1 is 0.932 bits per heavy atom. The van der Waals surface area contributed by atoms with E-state index in [-0.39, 0.29) is 49.8 Å². The number of halogens is 1. The zero-order valence-electron chi connectivity index (χ0n) is 34.0. The highest BCUT2D eigenvalue weighted by Gasteiger charge is 2.75. The van der Waals surface area contributed by atoms with Crippen molar-refractivity contribution in [1.82, 2.24) is 0 Å². The molecule has 1 unspecified atom stereocenters. The van der Waals surface area contributed by atoms with Crippen LogP contribution in [0.25, 0.3) is 10.8 Å². The molecule has 11 heteroatoms. The van der Waals surface area contributed by atoms with E-state index in [1.807, 2.05) is 54.6 Å². The highest BCUT2D eigenvalue weighted by Crippen LogP contribution is 2.70. The summed E-state index contributed by atoms with van der Waals surface area (Å²) in [6, 6.07) is 21.2. The molecule has 0 radical (unpaired) electrons. The van der Waals surface area contributed by atoms with Gasteiger partial charge in [-0.15, -0.1) is 0 Å². The number of rotatable bonds is 14. The fraction of sp³-hybridized carbons (Fsp3) is 0.479. The molecule has 3 aromatic rings. The van der Waals surface area contributed by atoms with Gasteiger partial charge in [0, 0.05) is 29.1 Å². The number of benzene rings is 3. The minimum atomic E-state index is -2.11. The van der Waals surface area contributed by atoms with Gasteiger partial charge in [0.1, 0.15) is 18.0 Å². The minimum absolute atomic E-state index is 0.0535. The van der Waals surface area contributed by atoms with Gasteiger partial charge in [-0.25, -0.2) is 4.39 Å². The molecule has 312 valence electrons. The summed E-state index contributed by atoms with van der Waals surface area (Å²) in [6.45, 7) is 4.70. The van der Waals surface area contributed by atoms with E-state index < -0.39 is 70.3 Å². The highest BCUT2D eigenvalue weighted by atomic mass is 19.1. The summed E-state index contributed by atoms with van der Waals surface area (Å²) < 4.78 is 28.1. The third kappa shape index (κ3) is 7.40. The Balaban J connectivity index is 0.895. The van der Waals surface area contributed by atoms with Gasteiger partial charge in [0.05, 0.1) is 18.9 Å². The van der Waals surface area contributed by atoms with E-state index in [0.717, 1.165) is 21.9 Å². The molecular formula is C48H54FNO9. The number of hydrogen-bond donors (Lipinski definition) is 3. The summed E-state index contributed by atoms with van der Waals surface area (Å²) in [7, 11) is 0. The minimum Gasteiger partial charge on any atom is -0.461 e. The summed E-state index contributed by atoms with van der Waals surface area (Å²) in [5.41, 5.74) is 2.46. The molecule has 3 aromatic carbocycles. The number of carbonyl (C=O) groups excluding carboxylic acids is 5. The summed E-state index contributed by atoms with van der Waals surface area (Å²) in [5, 5.41) is 25.9. The van der Waals surface area contributed by atoms with Gasteiger partial charge in [0.15, 0.2) is 18.1 Å². The van der Waals surface area contributed by atoms with Crippen LogP contribution in [0, 0.1) is 28.6 Å². The first-order chi connectivity index (χ1) is 28.0. The molecule has 4 aliphatic rings. The van der Waals surface area contributed by atoms with E-state index in [9.17, 15) is 34.2 Å². The van der Waals surface area contributed by atoms with Gasteiger partial charge in [-0.1, -0.05) is 92.2 Å². The Kier molecular flexibility index (Phi) is 11.7. The predicted molar refractivity (Wildman–Crippen MR) is 218 cm³/mol. The molecule has 3 fully saturated rings. The molecule has 0 saturated heterocycles. The van der Waals surface area contributed by atoms with Crippen LogP contribution >= 0.6 is 0 Å². The molecule has 0 aromatic heterocycles. The van der Waals surface area contributed by atoms with Crippen LogP contribution in [0.5, 0.6) is 0 Å². The van der Waals surface area contributed by atoms with E-state index in [1.165, 1.54) is 12.2 Å². The predicted octanol–water partition coefficient (Wildman–Crippen LogP) is 6.37. The maximum Gasteiger partial charge on any atom is 0.306 e. The summed E-state index contributed by atoms with van der Waals surface area (Å²) >= 11 is 0. The summed E-state index contributed by atoms with van der Waals surface area (Å²) in [5.74, 6) is -4.50. The Bertz CT molecular complexity index is 2220. The van der Waals surface area contributed by atoms with Crippen LogP contribution in [0.2, 0.25) is 0 Å². The number of fused-ring (bicyclic) bond motifs is 6. The molecule has 0 aliphatic heterocycles. The third-order valence-electron chi connectivity index (χ3n) is 14.4. The average Bonchev–Trinajstić information content (AvgIpc) is 3.42. The van der Waals surface area contributed by atoms with E-state index in [4.69, 9.17) is 15.2 Å². The van der Waals surface area contributed by atoms with Crippen molar-refractivity contribution in [3.8, 4) is 0 Å². The quantitative estimate of drug-likeness (QED) is 0.156. The van der Waals surface area contributed by atoms with Gasteiger partial charge in [-0.05, 0) is 97.0 Å². The lowest BCUT2D eigenvalue weighted by Crippen LogP contribution is -2.69. The first-order valence-corrected chi connectivity index (χ1v) is 20.7. The number of Topliss-reactive ketones (excluding diaryl/α,β-unsaturated/α-hetero) is 2. The molecule has 7 rings (SSSR count). The number of aliphatic hydroxyl groups is 2. The number of esters is 2. The summed E-state index contributed by atoms with van der Waals surface area (Å²) in [6.07, 6.45) is 3.91. The van der Waals surface area contributed by atoms with Crippen molar-refractivity contribution >= 4 is 40.1 Å². The first-order valence-electron chi connectivity index (χ1n) is 20.7. The number of ether oxygens (including phenoxy) is 2. The number of hydrogen-bond acceptors (Lipinski definition) is 10. The highest BCUT2D eigenvalue weighted by molar-refractivity contribution is 6.01. The van der Waals surface area contributed by atoms with Crippen molar-refractivity contribution < 1.29 is 48.0 Å². The van der Waals surface area contributed by atoms with Gasteiger partial charge < -0.3 is 25.4 Å². The number of carbonyl (C=O) groups is 5. The lowest BCUT2D eigenvalue weighted by atomic mass is 9.44. The molecule has 59 heavy (non-hydrogen) atoms. The van der Waals surface area contributed by atoms with Gasteiger partial charge in [0.2, 0.25) is 5.78 Å². The van der Waals surface area contributed by atoms with Crippen molar-refractivity contribution in [2.45, 2.75) is 102 Å². The topological polar surface area (TPSA) is 170 Å². The SMILES string of the molecule is C[C@@H]1C[C@H]2[C@@H]3CCC4=CC(=O)C=C[C@]4(C)[C@@]3(F)[C@@H](O)C[C@]2(C)[C@@]1(O)C(=O)COC(=O)CCC(=O)OCc1ccc(C(CCN)C(=O)Cc2ccc3ccccc3c2)cc1. The maximum atomic E-state index is 17.5. The van der Waals surface area contributed by atoms with Crippen LogP contribution < -0.4 is 5.73 Å². The zero-order valence-corrected chi connectivity index (χ0v) is 34.0. The number of allylic oxidation sites excluding steroid dienone is 4. The van der Waals surface area contributed by atoms with Crippen molar-refractivity contribution in [3.63, 3.8) is 0 Å². The molecule has 0 amide bonds. The van der Waals surface area contributed by atoms with E-state index >= 15 is 4.39 Å². The lowest BCUT2D eigenvalue weighted by molar-refractivity contribution is -0.220. The first kappa shape index (κ1) is 42.3. The van der Waals surface area contributed by atoms with Gasteiger partial charge in [0.25, 0.3) is 0 Å². The number of aliphatic hydroxyl groups excluding tert-OH is 1. The van der Waals surface area contributed by atoms with Crippen LogP contribution in [0.1, 0.15) is 88.3 Å². The van der Waals surface area contributed by atoms with Gasteiger partial charge in [-0.2, -0.15) is 0 Å². The molecular weight excluding hydrogens is 754 g/mol. The van der Waals surface area contributed by atoms with Gasteiger partial charge >= 0.3 is 11.9 Å². The number of alkyl halides is 1. The Hall–Kier alpha value is -4.84. The molecule has 9 atom stereocenters. The van der Waals surface area contributed by atoms with Crippen molar-refractivity contribution in [2.24, 2.45) is 34.3 Å². The second-order valence-corrected chi connectivity index (χ2v) is 17.6. The Labute approximate surface area is 344 Å². The second kappa shape index (κ2) is 16.3. The standard InChI is InChI=1S/C48H54FNO9/c1-29-22-39-38-15-14-35-25-36(51)18-20-45(35,2)47(38,49)41(53)26-46(39,3)48(29,57)42(54)28-59-44(56)17-16-43(55)58-27-30-8-12-33(13-9-30)37(19-21-50)40(52)24-31-10-11-32-6-4-5-7-34(32)23-31/h4-13,18,20,23,25,29,37-39,41,53,57H,14-17,19,21-22,24,26-28,50H2,1-3H3/t29-,37?,38+,39+,41+,45+,46+,47+,48+/m1/s1. The molecule has 0 bridgehead atoms. The van der Waals surface area contributed by atoms with Crippen LogP contribution in [0.15, 0.2) is 90.5 Å². The van der Waals surface area contributed by atoms with Crippen LogP contribution in [-0.4, -0.2) is 70.0 Å². The average molecular weight is 808 g/mol. The fourth-order valence-electron chi connectivity index (χ4n) is 11.1. The van der Waals surface area contributed by atoms with Crippen molar-refractivity contribution in [1.29, 1.82) is 0 Å². The molecule has 10 nitrogen and oxygen atoms in total. The van der Waals surface area contributed by atoms with Crippen molar-refractivity contribution in [2.75, 3.05) is 13.2 Å². The molecule has 0 heterocycles. The molecule has 4 aliphatic carbocycles. The molecule has 4 N–H and O–H groups in total. The van der Waals surface area contributed by atoms with Crippen LogP contribution in [-0.2, 0) is 46.5 Å². The van der Waals surface area contributed by atoms with E-state index in [1.54, 1.807) is 39.0 Å². The second-order valence-electron chi connectivity index (χ2n) is 17.6. The Morgan fingerprint density at radius 3 is 2.32 bits per heavy atom. The Morgan fingerprint density at radius 2 is 1.61 bits per heavy atom. The van der Waals surface area contributed by atoms with Crippen LogP contribution in [0.3, 0.4) is 0 Å². The van der Waals surface area contributed by atoms with Crippen LogP contribution in [0.4, 0.5) is 4.39 Å². The molecule has 3 saturated carbocycles. The normalized spacial score (nSPS) is 31.4. The number of ketones is 3.